The highest BCUT2D eigenvalue weighted by Gasteiger charge is 2.24. The normalized spacial score (nSPS) is 12.0. The first-order valence-corrected chi connectivity index (χ1v) is 6.33. The number of ketones is 1. The van der Waals surface area contributed by atoms with Crippen LogP contribution in [0.1, 0.15) is 22.0 Å². The molecule has 0 fully saturated rings. The Hall–Kier alpha value is -3.07. The number of carbonyl (C=O) groups excluding carboxylic acids is 1. The molecule has 0 saturated heterocycles. The second-order valence-electron chi connectivity index (χ2n) is 4.61. The Morgan fingerprint density at radius 2 is 2.05 bits per heavy atom. The van der Waals surface area contributed by atoms with Crippen LogP contribution in [0.2, 0.25) is 0 Å². The van der Waals surface area contributed by atoms with Crippen molar-refractivity contribution in [3.63, 3.8) is 0 Å². The number of hydrogen-bond donors (Lipinski definition) is 0. The van der Waals surface area contributed by atoms with Crippen LogP contribution in [0.15, 0.2) is 42.9 Å². The van der Waals surface area contributed by atoms with Crippen molar-refractivity contribution in [2.24, 2.45) is 7.05 Å². The van der Waals surface area contributed by atoms with Crippen LogP contribution in [0.25, 0.3) is 11.0 Å². The van der Waals surface area contributed by atoms with E-state index in [4.69, 9.17) is 0 Å². The molecule has 0 aliphatic carbocycles. The average Bonchev–Trinajstić information content (AvgIpc) is 2.94. The van der Waals surface area contributed by atoms with Crippen LogP contribution >= 0.6 is 0 Å². The predicted octanol–water partition coefficient (Wildman–Crippen LogP) is 1.85. The minimum Gasteiger partial charge on any atom is -0.292 e. The summed E-state index contributed by atoms with van der Waals surface area (Å²) in [6.07, 6.45) is 4.51. The maximum Gasteiger partial charge on any atom is 0.189 e. The summed E-state index contributed by atoms with van der Waals surface area (Å²) in [4.78, 5) is 21.0. The van der Waals surface area contributed by atoms with Crippen molar-refractivity contribution >= 4 is 16.8 Å². The van der Waals surface area contributed by atoms with E-state index in [1.165, 1.54) is 17.1 Å². The summed E-state index contributed by atoms with van der Waals surface area (Å²) in [6, 6.07) is 9.33. The molecule has 0 aliphatic rings. The molecule has 0 N–H and O–H groups in total. The zero-order valence-electron chi connectivity index (χ0n) is 11.3. The molecule has 6 nitrogen and oxygen atoms in total. The van der Waals surface area contributed by atoms with Gasteiger partial charge in [0.05, 0.1) is 40.8 Å². The van der Waals surface area contributed by atoms with Crippen LogP contribution in [0.3, 0.4) is 0 Å². The Morgan fingerprint density at radius 3 is 2.71 bits per heavy atom. The lowest BCUT2D eigenvalue weighted by atomic mass is 9.98. The number of aromatic nitrogens is 4. The van der Waals surface area contributed by atoms with Gasteiger partial charge < -0.3 is 0 Å². The van der Waals surface area contributed by atoms with E-state index in [2.05, 4.69) is 15.1 Å². The van der Waals surface area contributed by atoms with Crippen molar-refractivity contribution in [3.8, 4) is 6.07 Å². The summed E-state index contributed by atoms with van der Waals surface area (Å²) in [7, 11) is 1.72. The molecule has 1 unspecified atom stereocenters. The van der Waals surface area contributed by atoms with E-state index in [1.54, 1.807) is 19.3 Å². The number of benzene rings is 1. The fraction of sp³-hybridized carbons (Fsp3) is 0.133. The topological polar surface area (TPSA) is 84.5 Å². The van der Waals surface area contributed by atoms with Crippen LogP contribution in [0, 0.1) is 11.3 Å². The van der Waals surface area contributed by atoms with Crippen LogP contribution in [-0.2, 0) is 7.05 Å². The molecule has 1 atom stereocenters. The van der Waals surface area contributed by atoms with Gasteiger partial charge in [0.1, 0.15) is 0 Å². The number of hydrogen-bond acceptors (Lipinski definition) is 5. The molecular formula is C15H11N5O. The van der Waals surface area contributed by atoms with Gasteiger partial charge in [-0.05, 0) is 12.1 Å². The van der Waals surface area contributed by atoms with Crippen molar-refractivity contribution in [2.75, 3.05) is 0 Å². The molecule has 0 saturated carbocycles. The van der Waals surface area contributed by atoms with Gasteiger partial charge in [0.2, 0.25) is 0 Å². The van der Waals surface area contributed by atoms with Gasteiger partial charge in [-0.3, -0.25) is 14.5 Å². The number of nitriles is 1. The lowest BCUT2D eigenvalue weighted by Gasteiger charge is -2.06. The molecule has 2 heterocycles. The monoisotopic (exact) mass is 277 g/mol. The maximum atomic E-state index is 12.4. The summed E-state index contributed by atoms with van der Waals surface area (Å²) < 4.78 is 1.52. The van der Waals surface area contributed by atoms with Crippen molar-refractivity contribution in [2.45, 2.75) is 5.92 Å². The van der Waals surface area contributed by atoms with Gasteiger partial charge in [-0.2, -0.15) is 10.4 Å². The van der Waals surface area contributed by atoms with Crippen LogP contribution in [0.4, 0.5) is 0 Å². The fourth-order valence-electron chi connectivity index (χ4n) is 2.08. The van der Waals surface area contributed by atoms with E-state index in [0.717, 1.165) is 5.52 Å². The molecule has 0 spiro atoms. The number of Topliss-reactive ketones (excluding diaryl/α,β-unsaturated/α-hetero) is 1. The van der Waals surface area contributed by atoms with Gasteiger partial charge >= 0.3 is 0 Å². The van der Waals surface area contributed by atoms with Gasteiger partial charge in [-0.1, -0.05) is 12.1 Å². The van der Waals surface area contributed by atoms with Gasteiger partial charge in [-0.25, -0.2) is 4.98 Å². The molecule has 0 bridgehead atoms. The first kappa shape index (κ1) is 12.9. The number of fused-ring (bicyclic) bond motifs is 1. The largest absolute Gasteiger partial charge is 0.292 e. The average molecular weight is 277 g/mol. The summed E-state index contributed by atoms with van der Waals surface area (Å²) in [5, 5.41) is 13.3. The zero-order valence-corrected chi connectivity index (χ0v) is 11.3. The molecule has 3 aromatic rings. The highest BCUT2D eigenvalue weighted by atomic mass is 16.1. The van der Waals surface area contributed by atoms with Gasteiger partial charge in [0.25, 0.3) is 0 Å². The molecule has 1 aromatic carbocycles. The van der Waals surface area contributed by atoms with E-state index in [9.17, 15) is 10.1 Å². The minimum atomic E-state index is -0.980. The van der Waals surface area contributed by atoms with Gasteiger partial charge in [0.15, 0.2) is 11.7 Å². The Bertz CT molecular complexity index is 862. The van der Waals surface area contributed by atoms with Gasteiger partial charge in [0, 0.05) is 13.2 Å². The molecule has 2 aromatic heterocycles. The summed E-state index contributed by atoms with van der Waals surface area (Å²) in [6.45, 7) is 0. The van der Waals surface area contributed by atoms with E-state index < -0.39 is 5.92 Å². The van der Waals surface area contributed by atoms with Gasteiger partial charge in [-0.15, -0.1) is 0 Å². The standard InChI is InChI=1S/C15H11N5O/c1-20-9-10(7-18-20)15(21)11(6-16)14-8-17-12-4-2-3-5-13(12)19-14/h2-5,7-9,11H,1H3. The third kappa shape index (κ3) is 2.37. The predicted molar refractivity (Wildman–Crippen MR) is 75.4 cm³/mol. The smallest absolute Gasteiger partial charge is 0.189 e. The zero-order chi connectivity index (χ0) is 14.8. The Balaban J connectivity index is 2.02. The number of carbonyl (C=O) groups is 1. The summed E-state index contributed by atoms with van der Waals surface area (Å²) >= 11 is 0. The number of nitrogens with zero attached hydrogens (tertiary/aromatic N) is 5. The second kappa shape index (κ2) is 5.13. The van der Waals surface area contributed by atoms with E-state index in [-0.39, 0.29) is 5.78 Å². The first-order valence-electron chi connectivity index (χ1n) is 6.33. The highest BCUT2D eigenvalue weighted by Crippen LogP contribution is 2.20. The molecular weight excluding hydrogens is 266 g/mol. The maximum absolute atomic E-state index is 12.4. The SMILES string of the molecule is Cn1cc(C(=O)C(C#N)c2cnc3ccccc3n2)cn1. The van der Waals surface area contributed by atoms with Crippen LogP contribution in [-0.4, -0.2) is 25.5 Å². The fourth-order valence-corrected chi connectivity index (χ4v) is 2.08. The summed E-state index contributed by atoms with van der Waals surface area (Å²) in [5.74, 6) is -1.30. The van der Waals surface area contributed by atoms with Crippen molar-refractivity contribution < 1.29 is 4.79 Å². The van der Waals surface area contributed by atoms with Crippen molar-refractivity contribution in [3.05, 3.63) is 54.1 Å². The van der Waals surface area contributed by atoms with Crippen molar-refractivity contribution in [1.29, 1.82) is 5.26 Å². The molecule has 21 heavy (non-hydrogen) atoms. The minimum absolute atomic E-state index is 0.324. The molecule has 0 amide bonds. The third-order valence-electron chi connectivity index (χ3n) is 3.14. The quantitative estimate of drug-likeness (QED) is 0.682. The molecule has 6 heteroatoms. The number of aryl methyl sites for hydroxylation is 1. The molecule has 102 valence electrons. The van der Waals surface area contributed by atoms with Crippen LogP contribution < -0.4 is 0 Å². The number of rotatable bonds is 3. The third-order valence-corrected chi connectivity index (χ3v) is 3.14. The first-order chi connectivity index (χ1) is 10.2. The van der Waals surface area contributed by atoms with E-state index in [0.29, 0.717) is 16.8 Å². The molecule has 0 aliphatic heterocycles. The number of para-hydroxylation sites is 2. The summed E-state index contributed by atoms with van der Waals surface area (Å²) in [5.41, 5.74) is 2.13. The Kier molecular flexibility index (Phi) is 3.16. The molecule has 0 radical (unpaired) electrons. The Morgan fingerprint density at radius 1 is 1.29 bits per heavy atom. The Labute approximate surface area is 120 Å². The highest BCUT2D eigenvalue weighted by molar-refractivity contribution is 6.02. The lowest BCUT2D eigenvalue weighted by Crippen LogP contribution is -2.12. The second-order valence-corrected chi connectivity index (χ2v) is 4.61. The lowest BCUT2D eigenvalue weighted by molar-refractivity contribution is 0.0977. The van der Waals surface area contributed by atoms with Crippen LogP contribution in [0.5, 0.6) is 0 Å². The van der Waals surface area contributed by atoms with Crippen molar-refractivity contribution in [1.82, 2.24) is 19.7 Å². The van der Waals surface area contributed by atoms with E-state index >= 15 is 0 Å². The molecule has 3 rings (SSSR count). The van der Waals surface area contributed by atoms with E-state index in [1.807, 2.05) is 24.3 Å².